The van der Waals surface area contributed by atoms with Crippen LogP contribution in [0.15, 0.2) is 5.38 Å². The molecule has 4 heteroatoms. The van der Waals surface area contributed by atoms with Crippen LogP contribution < -0.4 is 4.90 Å². The zero-order valence-electron chi connectivity index (χ0n) is 6.67. The van der Waals surface area contributed by atoms with Crippen molar-refractivity contribution in [3.05, 3.63) is 10.5 Å². The van der Waals surface area contributed by atoms with Gasteiger partial charge in [0.1, 0.15) is 5.15 Å². The average Bonchev–Trinajstić information content (AvgIpc) is 2.39. The standard InChI is InChI=1S/C7H11ClN2S/c1-3-10(4-2)7-9-6(8)5-11-7/h5H,3-4H2,1-2H3. The maximum atomic E-state index is 5.69. The largest absolute Gasteiger partial charge is 0.349 e. The summed E-state index contributed by atoms with van der Waals surface area (Å²) in [6, 6.07) is 0. The minimum atomic E-state index is 0.594. The fourth-order valence-corrected chi connectivity index (χ4v) is 1.96. The van der Waals surface area contributed by atoms with Gasteiger partial charge in [-0.3, -0.25) is 0 Å². The molecule has 11 heavy (non-hydrogen) atoms. The monoisotopic (exact) mass is 190 g/mol. The van der Waals surface area contributed by atoms with Crippen molar-refractivity contribution in [3.8, 4) is 0 Å². The van der Waals surface area contributed by atoms with E-state index in [1.807, 2.05) is 5.38 Å². The molecule has 0 aliphatic heterocycles. The highest BCUT2D eigenvalue weighted by molar-refractivity contribution is 7.14. The van der Waals surface area contributed by atoms with Gasteiger partial charge in [0.2, 0.25) is 0 Å². The van der Waals surface area contributed by atoms with Crippen LogP contribution in [0.2, 0.25) is 5.15 Å². The minimum absolute atomic E-state index is 0.594. The summed E-state index contributed by atoms with van der Waals surface area (Å²) >= 11 is 7.28. The zero-order valence-corrected chi connectivity index (χ0v) is 8.24. The van der Waals surface area contributed by atoms with Gasteiger partial charge in [0.05, 0.1) is 0 Å². The van der Waals surface area contributed by atoms with Gasteiger partial charge >= 0.3 is 0 Å². The molecule has 0 spiro atoms. The van der Waals surface area contributed by atoms with Gasteiger partial charge in [0, 0.05) is 18.5 Å². The molecule has 0 atom stereocenters. The van der Waals surface area contributed by atoms with Gasteiger partial charge in [-0.15, -0.1) is 11.3 Å². The van der Waals surface area contributed by atoms with Gasteiger partial charge in [0.15, 0.2) is 5.13 Å². The minimum Gasteiger partial charge on any atom is -0.349 e. The number of thiazole rings is 1. The highest BCUT2D eigenvalue weighted by Crippen LogP contribution is 2.22. The average molecular weight is 191 g/mol. The van der Waals surface area contributed by atoms with E-state index in [-0.39, 0.29) is 0 Å². The van der Waals surface area contributed by atoms with Crippen molar-refractivity contribution in [2.45, 2.75) is 13.8 Å². The molecule has 0 radical (unpaired) electrons. The number of hydrogen-bond acceptors (Lipinski definition) is 3. The smallest absolute Gasteiger partial charge is 0.186 e. The van der Waals surface area contributed by atoms with Gasteiger partial charge in [-0.1, -0.05) is 11.6 Å². The lowest BCUT2D eigenvalue weighted by Crippen LogP contribution is -2.21. The molecule has 0 unspecified atom stereocenters. The molecule has 0 saturated heterocycles. The van der Waals surface area contributed by atoms with Gasteiger partial charge in [-0.25, -0.2) is 4.98 Å². The van der Waals surface area contributed by atoms with E-state index in [2.05, 4.69) is 23.7 Å². The summed E-state index contributed by atoms with van der Waals surface area (Å²) in [5.74, 6) is 0. The molecule has 0 N–H and O–H groups in total. The first kappa shape index (κ1) is 8.81. The van der Waals surface area contributed by atoms with Crippen LogP contribution in [0.5, 0.6) is 0 Å². The van der Waals surface area contributed by atoms with Crippen LogP contribution >= 0.6 is 22.9 Å². The lowest BCUT2D eigenvalue weighted by Gasteiger charge is -2.16. The van der Waals surface area contributed by atoms with Crippen LogP contribution in [0.3, 0.4) is 0 Å². The summed E-state index contributed by atoms with van der Waals surface area (Å²) in [7, 11) is 0. The van der Waals surface area contributed by atoms with Crippen LogP contribution in [-0.2, 0) is 0 Å². The topological polar surface area (TPSA) is 16.1 Å². The summed E-state index contributed by atoms with van der Waals surface area (Å²) < 4.78 is 0. The molecule has 0 bridgehead atoms. The van der Waals surface area contributed by atoms with E-state index < -0.39 is 0 Å². The molecule has 0 aliphatic rings. The highest BCUT2D eigenvalue weighted by atomic mass is 35.5. The summed E-state index contributed by atoms with van der Waals surface area (Å²) in [5.41, 5.74) is 0. The molecule has 0 saturated carbocycles. The third kappa shape index (κ3) is 2.07. The second kappa shape index (κ2) is 3.93. The second-order valence-electron chi connectivity index (χ2n) is 2.13. The van der Waals surface area contributed by atoms with Crippen molar-refractivity contribution in [3.63, 3.8) is 0 Å². The first-order valence-electron chi connectivity index (χ1n) is 3.63. The van der Waals surface area contributed by atoms with E-state index in [0.29, 0.717) is 5.15 Å². The summed E-state index contributed by atoms with van der Waals surface area (Å²) in [5, 5.41) is 3.46. The molecular formula is C7H11ClN2S. The highest BCUT2D eigenvalue weighted by Gasteiger charge is 2.05. The van der Waals surface area contributed by atoms with Crippen molar-refractivity contribution < 1.29 is 0 Å². The Kier molecular flexibility index (Phi) is 3.15. The molecule has 1 aromatic heterocycles. The number of rotatable bonds is 3. The maximum Gasteiger partial charge on any atom is 0.186 e. The Morgan fingerprint density at radius 2 is 2.18 bits per heavy atom. The Labute approximate surface area is 75.8 Å². The fraction of sp³-hybridized carbons (Fsp3) is 0.571. The van der Waals surface area contributed by atoms with Gasteiger partial charge < -0.3 is 4.90 Å². The number of hydrogen-bond donors (Lipinski definition) is 0. The third-order valence-electron chi connectivity index (χ3n) is 1.50. The molecule has 1 aromatic rings. The van der Waals surface area contributed by atoms with Crippen molar-refractivity contribution >= 4 is 28.1 Å². The van der Waals surface area contributed by atoms with E-state index in [0.717, 1.165) is 18.2 Å². The van der Waals surface area contributed by atoms with E-state index in [1.54, 1.807) is 11.3 Å². The predicted molar refractivity (Wildman–Crippen MR) is 50.7 cm³/mol. The van der Waals surface area contributed by atoms with Crippen LogP contribution in [0, 0.1) is 0 Å². The number of nitrogens with zero attached hydrogens (tertiary/aromatic N) is 2. The second-order valence-corrected chi connectivity index (χ2v) is 3.35. The first-order chi connectivity index (χ1) is 5.27. The summed E-state index contributed by atoms with van der Waals surface area (Å²) in [4.78, 5) is 6.34. The maximum absolute atomic E-state index is 5.69. The normalized spacial score (nSPS) is 10.1. The molecule has 62 valence electrons. The van der Waals surface area contributed by atoms with Crippen molar-refractivity contribution in [2.75, 3.05) is 18.0 Å². The molecule has 2 nitrogen and oxygen atoms in total. The zero-order chi connectivity index (χ0) is 8.27. The van der Waals surface area contributed by atoms with Crippen LogP contribution in [0.1, 0.15) is 13.8 Å². The molecule has 0 aliphatic carbocycles. The summed E-state index contributed by atoms with van der Waals surface area (Å²) in [6.45, 7) is 6.19. The van der Waals surface area contributed by atoms with Gasteiger partial charge in [-0.2, -0.15) is 0 Å². The third-order valence-corrected chi connectivity index (χ3v) is 2.72. The SMILES string of the molecule is CCN(CC)c1nc(Cl)cs1. The van der Waals surface area contributed by atoms with E-state index in [9.17, 15) is 0 Å². The van der Waals surface area contributed by atoms with Crippen LogP contribution in [-0.4, -0.2) is 18.1 Å². The Morgan fingerprint density at radius 3 is 2.55 bits per heavy atom. The number of halogens is 1. The molecule has 0 aromatic carbocycles. The van der Waals surface area contributed by atoms with E-state index >= 15 is 0 Å². The molecular weight excluding hydrogens is 180 g/mol. The lowest BCUT2D eigenvalue weighted by molar-refractivity contribution is 0.860. The van der Waals surface area contributed by atoms with E-state index in [1.165, 1.54) is 0 Å². The van der Waals surface area contributed by atoms with Gasteiger partial charge in [0.25, 0.3) is 0 Å². The first-order valence-corrected chi connectivity index (χ1v) is 4.89. The lowest BCUT2D eigenvalue weighted by atomic mass is 10.6. The predicted octanol–water partition coefficient (Wildman–Crippen LogP) is 2.64. The van der Waals surface area contributed by atoms with Crippen molar-refractivity contribution in [2.24, 2.45) is 0 Å². The van der Waals surface area contributed by atoms with E-state index in [4.69, 9.17) is 11.6 Å². The molecule has 0 amide bonds. The number of anilines is 1. The molecule has 1 heterocycles. The Hall–Kier alpha value is -0.280. The fourth-order valence-electron chi connectivity index (χ4n) is 0.885. The van der Waals surface area contributed by atoms with Crippen molar-refractivity contribution in [1.82, 2.24) is 4.98 Å². The van der Waals surface area contributed by atoms with Crippen LogP contribution in [0.4, 0.5) is 5.13 Å². The Morgan fingerprint density at radius 1 is 1.55 bits per heavy atom. The number of aromatic nitrogens is 1. The Balaban J connectivity index is 2.73. The van der Waals surface area contributed by atoms with Crippen molar-refractivity contribution in [1.29, 1.82) is 0 Å². The Bertz CT molecular complexity index is 220. The summed E-state index contributed by atoms with van der Waals surface area (Å²) in [6.07, 6.45) is 0. The molecule has 0 fully saturated rings. The van der Waals surface area contributed by atoms with Gasteiger partial charge in [-0.05, 0) is 13.8 Å². The molecule has 1 rings (SSSR count). The van der Waals surface area contributed by atoms with Crippen LogP contribution in [0.25, 0.3) is 0 Å². The quantitative estimate of drug-likeness (QED) is 0.729.